The lowest BCUT2D eigenvalue weighted by atomic mass is 9.98. The van der Waals surface area contributed by atoms with Gasteiger partial charge in [-0.1, -0.05) is 36.4 Å². The third-order valence-corrected chi connectivity index (χ3v) is 5.31. The molecule has 0 radical (unpaired) electrons. The van der Waals surface area contributed by atoms with E-state index in [1.807, 2.05) is 42.3 Å². The molecule has 0 aliphatic carbocycles. The van der Waals surface area contributed by atoms with Gasteiger partial charge in [-0.25, -0.2) is 9.59 Å². The number of amides is 1. The van der Waals surface area contributed by atoms with Crippen LogP contribution in [-0.2, 0) is 9.53 Å². The van der Waals surface area contributed by atoms with Crippen LogP contribution in [0.5, 0.6) is 0 Å². The number of benzene rings is 3. The minimum absolute atomic E-state index is 0.176. The van der Waals surface area contributed by atoms with Crippen molar-refractivity contribution in [2.75, 3.05) is 24.4 Å². The second-order valence-corrected chi connectivity index (χ2v) is 7.21. The number of anilines is 2. The minimum atomic E-state index is -1.01. The molecule has 32 heavy (non-hydrogen) atoms. The lowest BCUT2D eigenvalue weighted by molar-refractivity contribution is -0.110. The van der Waals surface area contributed by atoms with Crippen LogP contribution in [0, 0.1) is 0 Å². The fraction of sp³-hybridized carbons (Fsp3) is 0.0800. The highest BCUT2D eigenvalue weighted by atomic mass is 16.5. The van der Waals surface area contributed by atoms with Gasteiger partial charge in [-0.05, 0) is 42.0 Å². The molecule has 7 nitrogen and oxygen atoms in total. The molecule has 0 bridgehead atoms. The number of carboxylic acid groups (broad SMARTS) is 1. The van der Waals surface area contributed by atoms with E-state index in [0.717, 1.165) is 5.56 Å². The Morgan fingerprint density at radius 1 is 0.906 bits per heavy atom. The molecule has 0 saturated carbocycles. The predicted octanol–water partition coefficient (Wildman–Crippen LogP) is 4.13. The van der Waals surface area contributed by atoms with E-state index in [1.165, 1.54) is 19.2 Å². The molecule has 160 valence electrons. The molecule has 0 unspecified atom stereocenters. The minimum Gasteiger partial charge on any atom is -0.478 e. The zero-order valence-electron chi connectivity index (χ0n) is 17.5. The molecule has 0 spiro atoms. The molecule has 0 aromatic heterocycles. The van der Waals surface area contributed by atoms with E-state index in [0.29, 0.717) is 33.8 Å². The number of ether oxygens (including phenoxy) is 1. The van der Waals surface area contributed by atoms with E-state index in [-0.39, 0.29) is 11.5 Å². The first kappa shape index (κ1) is 20.9. The van der Waals surface area contributed by atoms with Gasteiger partial charge in [0.15, 0.2) is 0 Å². The van der Waals surface area contributed by atoms with Gasteiger partial charge >= 0.3 is 11.9 Å². The summed E-state index contributed by atoms with van der Waals surface area (Å²) in [6.45, 7) is 0. The SMILES string of the molecule is COC(=O)c1ccc2c(c1)NC(=O)/C2=C(/c1ccccc1)N(C)c1ccc(C(=O)O)cc1. The van der Waals surface area contributed by atoms with Crippen LogP contribution >= 0.6 is 0 Å². The van der Waals surface area contributed by atoms with Crippen molar-refractivity contribution in [2.45, 2.75) is 0 Å². The zero-order chi connectivity index (χ0) is 22.8. The van der Waals surface area contributed by atoms with Crippen molar-refractivity contribution in [1.82, 2.24) is 0 Å². The van der Waals surface area contributed by atoms with Crippen LogP contribution in [0.4, 0.5) is 11.4 Å². The number of aromatic carboxylic acids is 1. The average Bonchev–Trinajstić information content (AvgIpc) is 3.14. The summed E-state index contributed by atoms with van der Waals surface area (Å²) in [5.74, 6) is -1.79. The standard InChI is InChI=1S/C25H20N2O5/c1-27(18-11-8-16(9-12-18)24(29)30)22(15-6-4-3-5-7-15)21-19-13-10-17(25(31)32-2)14-20(19)26-23(21)28/h3-14H,1-2H3,(H,26,28)(H,29,30)/b22-21-. The van der Waals surface area contributed by atoms with Gasteiger partial charge in [0.1, 0.15) is 0 Å². The number of hydrogen-bond acceptors (Lipinski definition) is 5. The number of hydrogen-bond donors (Lipinski definition) is 2. The monoisotopic (exact) mass is 428 g/mol. The maximum absolute atomic E-state index is 13.1. The lowest BCUT2D eigenvalue weighted by Crippen LogP contribution is -2.19. The Morgan fingerprint density at radius 2 is 1.56 bits per heavy atom. The van der Waals surface area contributed by atoms with E-state index in [4.69, 9.17) is 4.74 Å². The molecular weight excluding hydrogens is 408 g/mol. The van der Waals surface area contributed by atoms with Gasteiger partial charge < -0.3 is 20.1 Å². The molecule has 7 heteroatoms. The highest BCUT2D eigenvalue weighted by Gasteiger charge is 2.31. The van der Waals surface area contributed by atoms with Gasteiger partial charge in [-0.15, -0.1) is 0 Å². The highest BCUT2D eigenvalue weighted by Crippen LogP contribution is 2.40. The third kappa shape index (κ3) is 3.72. The van der Waals surface area contributed by atoms with Gasteiger partial charge in [-0.3, -0.25) is 4.79 Å². The van der Waals surface area contributed by atoms with Crippen LogP contribution < -0.4 is 10.2 Å². The van der Waals surface area contributed by atoms with Gasteiger partial charge in [0.05, 0.1) is 35.2 Å². The smallest absolute Gasteiger partial charge is 0.337 e. The normalized spacial score (nSPS) is 13.8. The van der Waals surface area contributed by atoms with Crippen molar-refractivity contribution < 1.29 is 24.2 Å². The fourth-order valence-electron chi connectivity index (χ4n) is 3.71. The van der Waals surface area contributed by atoms with E-state index in [9.17, 15) is 19.5 Å². The summed E-state index contributed by atoms with van der Waals surface area (Å²) in [5, 5.41) is 12.0. The summed E-state index contributed by atoms with van der Waals surface area (Å²) in [7, 11) is 3.12. The van der Waals surface area contributed by atoms with Crippen LogP contribution in [0.2, 0.25) is 0 Å². The average molecular weight is 428 g/mol. The van der Waals surface area contributed by atoms with Crippen molar-refractivity contribution in [3.05, 3.63) is 95.1 Å². The predicted molar refractivity (Wildman–Crippen MR) is 121 cm³/mol. The zero-order valence-corrected chi connectivity index (χ0v) is 17.5. The summed E-state index contributed by atoms with van der Waals surface area (Å²) in [5.41, 5.74) is 4.33. The third-order valence-electron chi connectivity index (χ3n) is 5.31. The van der Waals surface area contributed by atoms with E-state index >= 15 is 0 Å². The van der Waals surface area contributed by atoms with Crippen LogP contribution in [0.1, 0.15) is 31.8 Å². The van der Waals surface area contributed by atoms with Crippen molar-refractivity contribution in [2.24, 2.45) is 0 Å². The van der Waals surface area contributed by atoms with Crippen molar-refractivity contribution >= 4 is 40.5 Å². The van der Waals surface area contributed by atoms with E-state index < -0.39 is 11.9 Å². The molecule has 0 atom stereocenters. The summed E-state index contributed by atoms with van der Waals surface area (Å²) in [6, 6.07) is 20.8. The molecule has 1 aliphatic rings. The number of esters is 1. The Hall–Kier alpha value is -4.39. The number of methoxy groups -OCH3 is 1. The maximum Gasteiger partial charge on any atom is 0.337 e. The van der Waals surface area contributed by atoms with Crippen molar-refractivity contribution in [1.29, 1.82) is 0 Å². The molecule has 1 heterocycles. The molecule has 0 saturated heterocycles. The largest absolute Gasteiger partial charge is 0.478 e. The Balaban J connectivity index is 1.89. The molecule has 2 N–H and O–H groups in total. The number of carbonyl (C=O) groups is 3. The second-order valence-electron chi connectivity index (χ2n) is 7.21. The van der Waals surface area contributed by atoms with Crippen molar-refractivity contribution in [3.63, 3.8) is 0 Å². The maximum atomic E-state index is 13.1. The van der Waals surface area contributed by atoms with Crippen LogP contribution in [0.15, 0.2) is 72.8 Å². The Bertz CT molecular complexity index is 1250. The van der Waals surface area contributed by atoms with Crippen LogP contribution in [-0.4, -0.2) is 37.1 Å². The second kappa shape index (κ2) is 8.39. The summed E-state index contributed by atoms with van der Waals surface area (Å²) < 4.78 is 4.78. The van der Waals surface area contributed by atoms with Gasteiger partial charge in [-0.2, -0.15) is 0 Å². The van der Waals surface area contributed by atoms with Crippen LogP contribution in [0.3, 0.4) is 0 Å². The molecule has 0 fully saturated rings. The molecule has 3 aromatic carbocycles. The quantitative estimate of drug-likeness (QED) is 0.469. The first-order chi connectivity index (χ1) is 15.4. The van der Waals surface area contributed by atoms with Gasteiger partial charge in [0.2, 0.25) is 0 Å². The molecule has 1 aliphatic heterocycles. The first-order valence-electron chi connectivity index (χ1n) is 9.81. The topological polar surface area (TPSA) is 95.9 Å². The Labute approximate surface area is 184 Å². The Kier molecular flexibility index (Phi) is 5.47. The molecule has 4 rings (SSSR count). The van der Waals surface area contributed by atoms with E-state index in [1.54, 1.807) is 30.3 Å². The highest BCUT2D eigenvalue weighted by molar-refractivity contribution is 6.37. The van der Waals surface area contributed by atoms with Crippen LogP contribution in [0.25, 0.3) is 11.3 Å². The summed E-state index contributed by atoms with van der Waals surface area (Å²) in [6.07, 6.45) is 0. The summed E-state index contributed by atoms with van der Waals surface area (Å²) >= 11 is 0. The first-order valence-corrected chi connectivity index (χ1v) is 9.81. The number of nitrogens with one attached hydrogen (secondary N) is 1. The number of fused-ring (bicyclic) bond motifs is 1. The van der Waals surface area contributed by atoms with Crippen molar-refractivity contribution in [3.8, 4) is 0 Å². The van der Waals surface area contributed by atoms with E-state index in [2.05, 4.69) is 5.32 Å². The number of carbonyl (C=O) groups excluding carboxylic acids is 2. The Morgan fingerprint density at radius 3 is 2.19 bits per heavy atom. The molecule has 3 aromatic rings. The number of rotatable bonds is 5. The summed E-state index contributed by atoms with van der Waals surface area (Å²) in [4.78, 5) is 38.1. The lowest BCUT2D eigenvalue weighted by Gasteiger charge is -2.25. The molecular formula is C25H20N2O5. The molecule has 1 amide bonds. The van der Waals surface area contributed by atoms with Gasteiger partial charge in [0.25, 0.3) is 5.91 Å². The fourth-order valence-corrected chi connectivity index (χ4v) is 3.71. The van der Waals surface area contributed by atoms with Gasteiger partial charge in [0, 0.05) is 18.3 Å². The number of carboxylic acids is 1. The number of nitrogens with zero attached hydrogens (tertiary/aromatic N) is 1.